The number of hydrogen-bond donors (Lipinski definition) is 2. The molecule has 0 spiro atoms. The van der Waals surface area contributed by atoms with Crippen LogP contribution in [0, 0.1) is 5.41 Å². The molecule has 0 aliphatic carbocycles. The van der Waals surface area contributed by atoms with E-state index in [0.29, 0.717) is 25.7 Å². The van der Waals surface area contributed by atoms with Crippen molar-refractivity contribution in [3.05, 3.63) is 24.3 Å². The van der Waals surface area contributed by atoms with E-state index in [4.69, 9.17) is 10.8 Å². The highest BCUT2D eigenvalue weighted by Crippen LogP contribution is 2.33. The highest BCUT2D eigenvalue weighted by atomic mass is 16.4. The van der Waals surface area contributed by atoms with Crippen LogP contribution in [-0.4, -0.2) is 28.5 Å². The molecule has 0 aromatic heterocycles. The summed E-state index contributed by atoms with van der Waals surface area (Å²) in [6.07, 6.45) is 43.8. The number of allylic oxidation sites excluding steroid dienone is 4. The zero-order chi connectivity index (χ0) is 38.4. The molecule has 0 aromatic carbocycles. The number of Topliss-reactive ketones (excluding diaryl/α,β-unsaturated/α-hetero) is 2. The summed E-state index contributed by atoms with van der Waals surface area (Å²) in [7, 11) is 0. The Kier molecular flexibility index (Phi) is 35.5. The number of carboxylic acids is 1. The molecule has 302 valence electrons. The van der Waals surface area contributed by atoms with E-state index >= 15 is 0 Å². The van der Waals surface area contributed by atoms with E-state index < -0.39 is 17.3 Å². The number of nitrogens with two attached hydrogens (primary N) is 1. The molecule has 0 saturated heterocycles. The van der Waals surface area contributed by atoms with Gasteiger partial charge < -0.3 is 10.8 Å². The van der Waals surface area contributed by atoms with Crippen LogP contribution in [0.15, 0.2) is 24.3 Å². The molecule has 0 rings (SSSR count). The van der Waals surface area contributed by atoms with Gasteiger partial charge in [-0.25, -0.2) is 0 Å². The van der Waals surface area contributed by atoms with Crippen LogP contribution in [0.25, 0.3) is 0 Å². The van der Waals surface area contributed by atoms with E-state index in [1.54, 1.807) is 0 Å². The third-order valence-corrected chi connectivity index (χ3v) is 10.6. The largest absolute Gasteiger partial charge is 0.481 e. The van der Waals surface area contributed by atoms with Gasteiger partial charge in [-0.2, -0.15) is 0 Å². The van der Waals surface area contributed by atoms with Crippen LogP contribution in [0.2, 0.25) is 0 Å². The molecule has 1 amide bonds. The van der Waals surface area contributed by atoms with Gasteiger partial charge in [-0.15, -0.1) is 0 Å². The maximum absolute atomic E-state index is 13.7. The van der Waals surface area contributed by atoms with Gasteiger partial charge >= 0.3 is 5.97 Å². The quantitative estimate of drug-likeness (QED) is 0.0369. The molecule has 0 saturated carbocycles. The summed E-state index contributed by atoms with van der Waals surface area (Å²) >= 11 is 0. The fourth-order valence-corrected chi connectivity index (χ4v) is 7.17. The number of ketones is 2. The van der Waals surface area contributed by atoms with E-state index in [2.05, 4.69) is 38.2 Å². The standard InChI is InChI=1S/C46H83NO5/c1-3-5-7-9-11-13-15-17-19-21-23-25-27-30-34-38-42(48)46(45(47)52,41-37-33-29-32-36-40-44(50)51)43(49)39-35-31-28-26-24-22-20-18-16-14-12-10-8-6-4-2/h17-20H,3-16,21-41H2,1-2H3,(H2,47,52)(H,50,51)/b19-17-,20-18-. The van der Waals surface area contributed by atoms with E-state index in [9.17, 15) is 19.2 Å². The molecule has 0 unspecified atom stereocenters. The van der Waals surface area contributed by atoms with Gasteiger partial charge in [0.15, 0.2) is 17.0 Å². The Morgan fingerprint density at radius 1 is 0.423 bits per heavy atom. The highest BCUT2D eigenvalue weighted by molar-refractivity contribution is 6.23. The van der Waals surface area contributed by atoms with E-state index in [0.717, 1.165) is 83.5 Å². The minimum absolute atomic E-state index is 0.147. The lowest BCUT2D eigenvalue weighted by atomic mass is 9.71. The number of aliphatic carboxylic acids is 1. The Labute approximate surface area is 321 Å². The van der Waals surface area contributed by atoms with E-state index in [1.807, 2.05) is 0 Å². The predicted molar refractivity (Wildman–Crippen MR) is 221 cm³/mol. The first-order valence-corrected chi connectivity index (χ1v) is 22.2. The van der Waals surface area contributed by atoms with Crippen LogP contribution < -0.4 is 5.73 Å². The summed E-state index contributed by atoms with van der Waals surface area (Å²) in [5.41, 5.74) is 4.20. The number of carbonyl (C=O) groups excluding carboxylic acids is 3. The van der Waals surface area contributed by atoms with Crippen molar-refractivity contribution >= 4 is 23.4 Å². The van der Waals surface area contributed by atoms with Crippen LogP contribution in [0.3, 0.4) is 0 Å². The molecule has 3 N–H and O–H groups in total. The molecule has 0 aliphatic rings. The van der Waals surface area contributed by atoms with Crippen molar-refractivity contribution in [2.24, 2.45) is 11.1 Å². The summed E-state index contributed by atoms with van der Waals surface area (Å²) in [4.78, 5) is 51.1. The third kappa shape index (κ3) is 28.3. The van der Waals surface area contributed by atoms with Gasteiger partial charge in [-0.1, -0.05) is 167 Å². The summed E-state index contributed by atoms with van der Waals surface area (Å²) in [6, 6.07) is 0. The molecule has 0 radical (unpaired) electrons. The van der Waals surface area contributed by atoms with Crippen LogP contribution in [0.5, 0.6) is 0 Å². The number of carboxylic acid groups (broad SMARTS) is 1. The van der Waals surface area contributed by atoms with Crippen molar-refractivity contribution in [1.29, 1.82) is 0 Å². The average Bonchev–Trinajstić information content (AvgIpc) is 3.12. The lowest BCUT2D eigenvalue weighted by Gasteiger charge is -2.28. The summed E-state index contributed by atoms with van der Waals surface area (Å²) in [5, 5.41) is 8.88. The lowest BCUT2D eigenvalue weighted by molar-refractivity contribution is -0.149. The van der Waals surface area contributed by atoms with Crippen LogP contribution in [0.4, 0.5) is 0 Å². The highest BCUT2D eigenvalue weighted by Gasteiger charge is 2.48. The fourth-order valence-electron chi connectivity index (χ4n) is 7.17. The van der Waals surface area contributed by atoms with Gasteiger partial charge in [0, 0.05) is 19.3 Å². The fraction of sp³-hybridized carbons (Fsp3) is 0.826. The smallest absolute Gasteiger partial charge is 0.303 e. The summed E-state index contributed by atoms with van der Waals surface area (Å²) in [5.74, 6) is -2.16. The van der Waals surface area contributed by atoms with Gasteiger partial charge in [-0.05, 0) is 77.0 Å². The molecule has 0 bridgehead atoms. The van der Waals surface area contributed by atoms with Gasteiger partial charge in [0.05, 0.1) is 0 Å². The molecule has 0 aliphatic heterocycles. The molecule has 0 aromatic rings. The monoisotopic (exact) mass is 730 g/mol. The normalized spacial score (nSPS) is 12.0. The molecule has 0 fully saturated rings. The van der Waals surface area contributed by atoms with Crippen LogP contribution in [0.1, 0.15) is 239 Å². The first-order valence-electron chi connectivity index (χ1n) is 22.2. The number of carbonyl (C=O) groups is 4. The number of rotatable bonds is 41. The van der Waals surface area contributed by atoms with Gasteiger partial charge in [0.1, 0.15) is 0 Å². The van der Waals surface area contributed by atoms with Crippen LogP contribution >= 0.6 is 0 Å². The Bertz CT molecular complexity index is 887. The average molecular weight is 730 g/mol. The second kappa shape index (κ2) is 37.1. The Balaban J connectivity index is 4.64. The van der Waals surface area contributed by atoms with Crippen molar-refractivity contribution in [1.82, 2.24) is 0 Å². The van der Waals surface area contributed by atoms with E-state index in [1.165, 1.54) is 89.9 Å². The lowest BCUT2D eigenvalue weighted by Crippen LogP contribution is -2.50. The van der Waals surface area contributed by atoms with Crippen molar-refractivity contribution in [3.63, 3.8) is 0 Å². The predicted octanol–water partition coefficient (Wildman–Crippen LogP) is 13.5. The molecule has 0 heterocycles. The van der Waals surface area contributed by atoms with Gasteiger partial charge in [0.2, 0.25) is 5.91 Å². The zero-order valence-corrected chi connectivity index (χ0v) is 34.2. The minimum atomic E-state index is -1.72. The molecular formula is C46H83NO5. The molecule has 6 heteroatoms. The summed E-state index contributed by atoms with van der Waals surface area (Å²) in [6.45, 7) is 4.50. The van der Waals surface area contributed by atoms with Crippen molar-refractivity contribution in [3.8, 4) is 0 Å². The van der Waals surface area contributed by atoms with Crippen molar-refractivity contribution < 1.29 is 24.3 Å². The van der Waals surface area contributed by atoms with Crippen LogP contribution in [-0.2, 0) is 19.2 Å². The number of amides is 1. The van der Waals surface area contributed by atoms with Crippen molar-refractivity contribution in [2.45, 2.75) is 239 Å². The van der Waals surface area contributed by atoms with E-state index in [-0.39, 0.29) is 37.2 Å². The Hall–Kier alpha value is -2.24. The molecule has 52 heavy (non-hydrogen) atoms. The number of hydrogen-bond acceptors (Lipinski definition) is 4. The topological polar surface area (TPSA) is 115 Å². The molecular weight excluding hydrogens is 647 g/mol. The second-order valence-corrected chi connectivity index (χ2v) is 15.4. The van der Waals surface area contributed by atoms with Gasteiger partial charge in [0.25, 0.3) is 0 Å². The first-order chi connectivity index (χ1) is 25.3. The Morgan fingerprint density at radius 2 is 0.712 bits per heavy atom. The second-order valence-electron chi connectivity index (χ2n) is 15.4. The third-order valence-electron chi connectivity index (χ3n) is 10.6. The van der Waals surface area contributed by atoms with Gasteiger partial charge in [-0.3, -0.25) is 19.2 Å². The maximum Gasteiger partial charge on any atom is 0.303 e. The molecule has 6 nitrogen and oxygen atoms in total. The Morgan fingerprint density at radius 3 is 1.04 bits per heavy atom. The maximum atomic E-state index is 13.7. The number of primary amides is 1. The summed E-state index contributed by atoms with van der Waals surface area (Å²) < 4.78 is 0. The SMILES string of the molecule is CCCCCCCC/C=C\CCCCCCCC(=O)C(CCCCCCCC(=O)O)(C(N)=O)C(=O)CCCCCCC/C=C\CCCCCCCC. The molecule has 0 atom stereocenters. The number of unbranched alkanes of at least 4 members (excludes halogenated alkanes) is 26. The first kappa shape index (κ1) is 49.8. The zero-order valence-electron chi connectivity index (χ0n) is 34.2. The van der Waals surface area contributed by atoms with Crippen molar-refractivity contribution in [2.75, 3.05) is 0 Å². The minimum Gasteiger partial charge on any atom is -0.481 e.